The number of anilines is 1. The average molecular weight is 331 g/mol. The van der Waals surface area contributed by atoms with Gasteiger partial charge in [0.1, 0.15) is 5.82 Å². The van der Waals surface area contributed by atoms with E-state index in [0.717, 1.165) is 24.3 Å². The van der Waals surface area contributed by atoms with Crippen LogP contribution in [0.1, 0.15) is 35.1 Å². The molecule has 1 aliphatic heterocycles. The van der Waals surface area contributed by atoms with E-state index in [4.69, 9.17) is 5.10 Å². The minimum Gasteiger partial charge on any atom is -0.370 e. The summed E-state index contributed by atoms with van der Waals surface area (Å²) in [6.45, 7) is 7.44. The lowest BCUT2D eigenvalue weighted by molar-refractivity contribution is 0.779. The van der Waals surface area contributed by atoms with Crippen LogP contribution in [0.5, 0.6) is 0 Å². The van der Waals surface area contributed by atoms with Crippen molar-refractivity contribution in [3.8, 4) is 16.9 Å². The lowest BCUT2D eigenvalue weighted by Crippen LogP contribution is -2.08. The van der Waals surface area contributed by atoms with Crippen LogP contribution in [-0.4, -0.2) is 16.3 Å². The molecule has 0 saturated carbocycles. The van der Waals surface area contributed by atoms with Gasteiger partial charge in [0.25, 0.3) is 0 Å². The number of aromatic nitrogens is 2. The van der Waals surface area contributed by atoms with Crippen molar-refractivity contribution in [2.75, 3.05) is 11.9 Å². The smallest absolute Gasteiger partial charge is 0.133 e. The maximum atomic E-state index is 5.05. The first kappa shape index (κ1) is 15.9. The van der Waals surface area contributed by atoms with Crippen molar-refractivity contribution in [1.82, 2.24) is 9.78 Å². The Morgan fingerprint density at radius 3 is 2.44 bits per heavy atom. The molecule has 0 amide bonds. The van der Waals surface area contributed by atoms with Crippen LogP contribution in [0.3, 0.4) is 0 Å². The number of hydrogen-bond acceptors (Lipinski definition) is 2. The largest absolute Gasteiger partial charge is 0.370 e. The summed E-state index contributed by atoms with van der Waals surface area (Å²) in [5.74, 6) is 1.17. The molecule has 0 aliphatic carbocycles. The van der Waals surface area contributed by atoms with E-state index in [1.165, 1.54) is 46.5 Å². The zero-order valence-electron chi connectivity index (χ0n) is 15.3. The number of hydrogen-bond donors (Lipinski definition) is 1. The third kappa shape index (κ3) is 2.95. The summed E-state index contributed by atoms with van der Waals surface area (Å²) in [5, 5.41) is 8.68. The maximum Gasteiger partial charge on any atom is 0.133 e. The fourth-order valence-corrected chi connectivity index (χ4v) is 3.66. The van der Waals surface area contributed by atoms with Gasteiger partial charge in [-0.25, -0.2) is 4.68 Å². The Morgan fingerprint density at radius 1 is 0.920 bits per heavy atom. The van der Waals surface area contributed by atoms with E-state index in [1.807, 2.05) is 0 Å². The van der Waals surface area contributed by atoms with E-state index in [1.54, 1.807) is 0 Å². The lowest BCUT2D eigenvalue weighted by atomic mass is 10.0. The molecule has 1 aromatic heterocycles. The van der Waals surface area contributed by atoms with Crippen molar-refractivity contribution in [3.63, 3.8) is 0 Å². The molecule has 0 atom stereocenters. The van der Waals surface area contributed by atoms with E-state index in [0.29, 0.717) is 0 Å². The fourth-order valence-electron chi connectivity index (χ4n) is 3.66. The number of fused-ring (bicyclic) bond motifs is 1. The molecule has 25 heavy (non-hydrogen) atoms. The molecule has 1 N–H and O–H groups in total. The number of benzene rings is 2. The first-order chi connectivity index (χ1) is 12.1. The number of nitrogens with one attached hydrogen (secondary N) is 1. The third-order valence-electron chi connectivity index (χ3n) is 5.03. The normalized spacial score (nSPS) is 13.9. The maximum absolute atomic E-state index is 5.05. The minimum absolute atomic E-state index is 1.01. The van der Waals surface area contributed by atoms with Crippen molar-refractivity contribution in [2.45, 2.75) is 40.0 Å². The highest BCUT2D eigenvalue weighted by atomic mass is 15.3. The second-order valence-corrected chi connectivity index (χ2v) is 7.13. The van der Waals surface area contributed by atoms with Gasteiger partial charge in [-0.05, 0) is 51.7 Å². The molecular weight excluding hydrogens is 306 g/mol. The van der Waals surface area contributed by atoms with Crippen molar-refractivity contribution >= 4 is 5.82 Å². The van der Waals surface area contributed by atoms with Gasteiger partial charge in [0.2, 0.25) is 0 Å². The first-order valence-corrected chi connectivity index (χ1v) is 9.14. The Balaban J connectivity index is 1.91. The van der Waals surface area contributed by atoms with Gasteiger partial charge >= 0.3 is 0 Å². The molecule has 0 bridgehead atoms. The molecule has 128 valence electrons. The van der Waals surface area contributed by atoms with Crippen LogP contribution < -0.4 is 5.32 Å². The van der Waals surface area contributed by atoms with Crippen LogP contribution in [-0.2, 0) is 6.42 Å². The predicted molar refractivity (Wildman–Crippen MR) is 105 cm³/mol. The van der Waals surface area contributed by atoms with Crippen LogP contribution >= 0.6 is 0 Å². The van der Waals surface area contributed by atoms with Gasteiger partial charge in [-0.15, -0.1) is 0 Å². The molecule has 0 saturated heterocycles. The topological polar surface area (TPSA) is 29.9 Å². The van der Waals surface area contributed by atoms with Crippen molar-refractivity contribution in [1.29, 1.82) is 0 Å². The predicted octanol–water partition coefficient (Wildman–Crippen LogP) is 5.21. The van der Waals surface area contributed by atoms with Gasteiger partial charge in [0, 0.05) is 17.7 Å². The second kappa shape index (κ2) is 6.40. The summed E-state index contributed by atoms with van der Waals surface area (Å²) in [7, 11) is 0. The highest BCUT2D eigenvalue weighted by molar-refractivity contribution is 5.71. The molecule has 3 nitrogen and oxygen atoms in total. The van der Waals surface area contributed by atoms with Crippen LogP contribution in [0.25, 0.3) is 16.9 Å². The van der Waals surface area contributed by atoms with E-state index >= 15 is 0 Å². The van der Waals surface area contributed by atoms with Gasteiger partial charge < -0.3 is 5.32 Å². The van der Waals surface area contributed by atoms with Gasteiger partial charge in [0.15, 0.2) is 0 Å². The Kier molecular flexibility index (Phi) is 4.08. The lowest BCUT2D eigenvalue weighted by Gasteiger charge is -2.12. The summed E-state index contributed by atoms with van der Waals surface area (Å²) < 4.78 is 2.12. The molecule has 0 radical (unpaired) electrons. The Morgan fingerprint density at radius 2 is 1.68 bits per heavy atom. The van der Waals surface area contributed by atoms with Crippen LogP contribution in [0.4, 0.5) is 5.82 Å². The standard InChI is InChI=1S/C22H25N3/c1-15-7-10-18(11-8-15)21-19-6-4-5-13-23-22(19)25(24-21)20-12-9-16(2)14-17(20)3/h7-12,14,23H,4-6,13H2,1-3H3. The highest BCUT2D eigenvalue weighted by Crippen LogP contribution is 2.34. The fraction of sp³-hybridized carbons (Fsp3) is 0.318. The average Bonchev–Trinajstić information content (AvgIpc) is 2.78. The molecule has 4 rings (SSSR count). The van der Waals surface area contributed by atoms with E-state index in [9.17, 15) is 0 Å². The highest BCUT2D eigenvalue weighted by Gasteiger charge is 2.22. The first-order valence-electron chi connectivity index (χ1n) is 9.14. The zero-order chi connectivity index (χ0) is 17.4. The zero-order valence-corrected chi connectivity index (χ0v) is 15.3. The Bertz CT molecular complexity index is 904. The number of aryl methyl sites for hydroxylation is 3. The molecule has 0 fully saturated rings. The molecule has 2 heterocycles. The van der Waals surface area contributed by atoms with Gasteiger partial charge in [-0.3, -0.25) is 0 Å². The second-order valence-electron chi connectivity index (χ2n) is 7.13. The van der Waals surface area contributed by atoms with Crippen molar-refractivity contribution in [2.24, 2.45) is 0 Å². The number of nitrogens with zero attached hydrogens (tertiary/aromatic N) is 2. The van der Waals surface area contributed by atoms with E-state index in [2.05, 4.69) is 73.2 Å². The summed E-state index contributed by atoms with van der Waals surface area (Å²) in [6.07, 6.45) is 3.49. The van der Waals surface area contributed by atoms with Crippen molar-refractivity contribution < 1.29 is 0 Å². The van der Waals surface area contributed by atoms with E-state index < -0.39 is 0 Å². The summed E-state index contributed by atoms with van der Waals surface area (Å²) in [6, 6.07) is 15.3. The molecule has 0 spiro atoms. The van der Waals surface area contributed by atoms with Gasteiger partial charge in [0.05, 0.1) is 11.4 Å². The third-order valence-corrected chi connectivity index (χ3v) is 5.03. The number of rotatable bonds is 2. The van der Waals surface area contributed by atoms with Crippen LogP contribution in [0.2, 0.25) is 0 Å². The molecule has 3 heteroatoms. The molecule has 3 aromatic rings. The molecular formula is C22H25N3. The monoisotopic (exact) mass is 331 g/mol. The van der Waals surface area contributed by atoms with E-state index in [-0.39, 0.29) is 0 Å². The summed E-state index contributed by atoms with van der Waals surface area (Å²) in [5.41, 5.74) is 8.65. The Hall–Kier alpha value is -2.55. The Labute approximate surface area is 149 Å². The van der Waals surface area contributed by atoms with Gasteiger partial charge in [-0.2, -0.15) is 5.10 Å². The van der Waals surface area contributed by atoms with Gasteiger partial charge in [-0.1, -0.05) is 47.5 Å². The molecule has 1 aliphatic rings. The summed E-state index contributed by atoms with van der Waals surface area (Å²) >= 11 is 0. The SMILES string of the molecule is Cc1ccc(-c2nn(-c3ccc(C)cc3C)c3c2CCCCN3)cc1. The quantitative estimate of drug-likeness (QED) is 0.698. The minimum atomic E-state index is 1.01. The summed E-state index contributed by atoms with van der Waals surface area (Å²) in [4.78, 5) is 0. The molecule has 2 aromatic carbocycles. The van der Waals surface area contributed by atoms with Crippen molar-refractivity contribution in [3.05, 3.63) is 64.7 Å². The molecule has 0 unspecified atom stereocenters. The van der Waals surface area contributed by atoms with Crippen LogP contribution in [0.15, 0.2) is 42.5 Å². The van der Waals surface area contributed by atoms with Crippen LogP contribution in [0, 0.1) is 20.8 Å².